The first-order chi connectivity index (χ1) is 16.3. The number of benzene rings is 1. The molecular weight excluding hydrogens is 443 g/mol. The third-order valence-corrected chi connectivity index (χ3v) is 5.54. The topological polar surface area (TPSA) is 48.4 Å². The monoisotopic (exact) mass is 479 g/mol. The summed E-state index contributed by atoms with van der Waals surface area (Å²) in [7, 11) is 0. The maximum atomic E-state index is 13.3. The van der Waals surface area contributed by atoms with Gasteiger partial charge in [0, 0.05) is 18.2 Å². The number of halogens is 3. The fraction of sp³-hybridized carbons (Fsp3) is 0.556. The highest BCUT2D eigenvalue weighted by Crippen LogP contribution is 2.27. The molecule has 2 rings (SSSR count). The van der Waals surface area contributed by atoms with Gasteiger partial charge in [-0.1, -0.05) is 58.4 Å². The second kappa shape index (κ2) is 14.6. The molecule has 0 spiro atoms. The molecule has 1 heterocycles. The fourth-order valence-corrected chi connectivity index (χ4v) is 3.54. The van der Waals surface area contributed by atoms with Crippen molar-refractivity contribution in [2.75, 3.05) is 6.61 Å². The predicted octanol–water partition coefficient (Wildman–Crippen LogP) is 7.69. The zero-order chi connectivity index (χ0) is 24.8. The van der Waals surface area contributed by atoms with Gasteiger partial charge in [0.2, 0.25) is 6.10 Å². The number of ether oxygens (including phenoxy) is 2. The van der Waals surface area contributed by atoms with Gasteiger partial charge in [0.05, 0.1) is 5.69 Å². The number of carbonyl (C=O) groups is 1. The van der Waals surface area contributed by atoms with E-state index in [1.54, 1.807) is 19.1 Å². The summed E-state index contributed by atoms with van der Waals surface area (Å²) in [5.74, 6) is -0.620. The molecule has 1 aromatic carbocycles. The lowest BCUT2D eigenvalue weighted by Crippen LogP contribution is -2.39. The van der Waals surface area contributed by atoms with Crippen LogP contribution in [0, 0.1) is 0 Å². The number of esters is 1. The number of pyridine rings is 1. The molecule has 4 nitrogen and oxygen atoms in total. The molecule has 0 saturated carbocycles. The van der Waals surface area contributed by atoms with Crippen molar-refractivity contribution in [2.45, 2.75) is 90.3 Å². The second-order valence-electron chi connectivity index (χ2n) is 8.53. The molecule has 1 unspecified atom stereocenters. The molecule has 0 fully saturated rings. The van der Waals surface area contributed by atoms with Crippen molar-refractivity contribution in [3.63, 3.8) is 0 Å². The van der Waals surface area contributed by atoms with Crippen molar-refractivity contribution >= 4 is 5.97 Å². The molecule has 7 heteroatoms. The summed E-state index contributed by atoms with van der Waals surface area (Å²) in [6.45, 7) is 3.10. The molecule has 0 bridgehead atoms. The number of hydrogen-bond donors (Lipinski definition) is 0. The van der Waals surface area contributed by atoms with Crippen LogP contribution in [0.25, 0.3) is 11.3 Å². The SMILES string of the molecule is CCCCCCCCCc1ccc(-c2ccc(OC(COC(=O)CCC)C(F)(F)F)cc2)nc1. The average Bonchev–Trinajstić information content (AvgIpc) is 2.81. The molecule has 0 aliphatic rings. The quantitative estimate of drug-likeness (QED) is 0.194. The van der Waals surface area contributed by atoms with E-state index in [-0.39, 0.29) is 12.2 Å². The third-order valence-electron chi connectivity index (χ3n) is 5.54. The minimum absolute atomic E-state index is 0.0492. The van der Waals surface area contributed by atoms with E-state index < -0.39 is 24.9 Å². The van der Waals surface area contributed by atoms with Crippen LogP contribution in [0.5, 0.6) is 5.75 Å². The Morgan fingerprint density at radius 1 is 0.912 bits per heavy atom. The van der Waals surface area contributed by atoms with E-state index in [0.29, 0.717) is 6.42 Å². The molecule has 0 radical (unpaired) electrons. The van der Waals surface area contributed by atoms with Crippen LogP contribution in [0.3, 0.4) is 0 Å². The van der Waals surface area contributed by atoms with Gasteiger partial charge >= 0.3 is 12.1 Å². The van der Waals surface area contributed by atoms with Crippen LogP contribution >= 0.6 is 0 Å². The molecule has 1 atom stereocenters. The highest BCUT2D eigenvalue weighted by atomic mass is 19.4. The summed E-state index contributed by atoms with van der Waals surface area (Å²) >= 11 is 0. The van der Waals surface area contributed by atoms with Crippen LogP contribution in [-0.4, -0.2) is 29.8 Å². The fourth-order valence-electron chi connectivity index (χ4n) is 3.54. The van der Waals surface area contributed by atoms with Crippen molar-refractivity contribution in [3.8, 4) is 17.0 Å². The van der Waals surface area contributed by atoms with Crippen LogP contribution in [-0.2, 0) is 16.0 Å². The Kier molecular flexibility index (Phi) is 11.9. The number of aryl methyl sites for hydroxylation is 1. The lowest BCUT2D eigenvalue weighted by molar-refractivity contribution is -0.209. The summed E-state index contributed by atoms with van der Waals surface area (Å²) in [5.41, 5.74) is 2.71. The first kappa shape index (κ1) is 27.7. The number of alkyl halides is 3. The van der Waals surface area contributed by atoms with E-state index in [1.807, 2.05) is 18.3 Å². The lowest BCUT2D eigenvalue weighted by atomic mass is 10.0. The summed E-state index contributed by atoms with van der Waals surface area (Å²) in [5, 5.41) is 0. The number of unbranched alkanes of at least 4 members (excludes halogenated alkanes) is 6. The Morgan fingerprint density at radius 3 is 2.18 bits per heavy atom. The molecular formula is C27H36F3NO3. The number of carbonyl (C=O) groups excluding carboxylic acids is 1. The van der Waals surface area contributed by atoms with Crippen molar-refractivity contribution in [1.29, 1.82) is 0 Å². The molecule has 0 saturated heterocycles. The van der Waals surface area contributed by atoms with Crippen LogP contribution in [0.1, 0.15) is 77.2 Å². The summed E-state index contributed by atoms with van der Waals surface area (Å²) in [4.78, 5) is 15.9. The van der Waals surface area contributed by atoms with Crippen molar-refractivity contribution in [2.24, 2.45) is 0 Å². The largest absolute Gasteiger partial charge is 0.477 e. The zero-order valence-electron chi connectivity index (χ0n) is 20.2. The predicted molar refractivity (Wildman–Crippen MR) is 128 cm³/mol. The standard InChI is InChI=1S/C27H36F3NO3/c1-3-5-6-7-8-9-10-12-21-13-18-24(31-19-21)22-14-16-23(17-15-22)34-25(27(28,29)30)20-33-26(32)11-4-2/h13-19,25H,3-12,20H2,1-2H3. The zero-order valence-corrected chi connectivity index (χ0v) is 20.2. The lowest BCUT2D eigenvalue weighted by Gasteiger charge is -2.21. The molecule has 0 aliphatic heterocycles. The van der Waals surface area contributed by atoms with E-state index >= 15 is 0 Å². The first-order valence-corrected chi connectivity index (χ1v) is 12.3. The van der Waals surface area contributed by atoms with Gasteiger partial charge in [-0.25, -0.2) is 0 Å². The Hall–Kier alpha value is -2.57. The number of aromatic nitrogens is 1. The van der Waals surface area contributed by atoms with Crippen LogP contribution in [0.4, 0.5) is 13.2 Å². The van der Waals surface area contributed by atoms with Crippen molar-refractivity contribution < 1.29 is 27.4 Å². The van der Waals surface area contributed by atoms with E-state index in [0.717, 1.165) is 24.1 Å². The first-order valence-electron chi connectivity index (χ1n) is 12.3. The highest BCUT2D eigenvalue weighted by molar-refractivity contribution is 5.69. The second-order valence-corrected chi connectivity index (χ2v) is 8.53. The molecule has 34 heavy (non-hydrogen) atoms. The summed E-state index contributed by atoms with van der Waals surface area (Å²) in [6, 6.07) is 10.3. The van der Waals surface area contributed by atoms with Gasteiger partial charge in [0.15, 0.2) is 0 Å². The van der Waals surface area contributed by atoms with E-state index in [2.05, 4.69) is 11.9 Å². The van der Waals surface area contributed by atoms with Gasteiger partial charge in [-0.3, -0.25) is 9.78 Å². The highest BCUT2D eigenvalue weighted by Gasteiger charge is 2.42. The van der Waals surface area contributed by atoms with Gasteiger partial charge < -0.3 is 9.47 Å². The molecule has 0 N–H and O–H groups in total. The molecule has 1 aromatic heterocycles. The van der Waals surface area contributed by atoms with E-state index in [1.165, 1.54) is 56.2 Å². The van der Waals surface area contributed by atoms with Crippen LogP contribution < -0.4 is 4.74 Å². The normalized spacial score (nSPS) is 12.4. The molecule has 188 valence electrons. The number of nitrogens with zero attached hydrogens (tertiary/aromatic N) is 1. The minimum Gasteiger partial charge on any atom is -0.477 e. The van der Waals surface area contributed by atoms with Crippen LogP contribution in [0.2, 0.25) is 0 Å². The molecule has 0 aliphatic carbocycles. The average molecular weight is 480 g/mol. The van der Waals surface area contributed by atoms with Crippen molar-refractivity contribution in [1.82, 2.24) is 4.98 Å². The number of hydrogen-bond acceptors (Lipinski definition) is 4. The minimum atomic E-state index is -4.65. The van der Waals surface area contributed by atoms with Gasteiger partial charge in [-0.05, 0) is 55.2 Å². The Labute approximate surface area is 200 Å². The van der Waals surface area contributed by atoms with Gasteiger partial charge in [0.1, 0.15) is 12.4 Å². The number of rotatable bonds is 15. The Bertz CT molecular complexity index is 836. The van der Waals surface area contributed by atoms with E-state index in [9.17, 15) is 18.0 Å². The Balaban J connectivity index is 1.87. The van der Waals surface area contributed by atoms with Gasteiger partial charge in [-0.2, -0.15) is 13.2 Å². The van der Waals surface area contributed by atoms with Gasteiger partial charge in [0.25, 0.3) is 0 Å². The third kappa shape index (κ3) is 10.1. The van der Waals surface area contributed by atoms with Crippen molar-refractivity contribution in [3.05, 3.63) is 48.2 Å². The molecule has 0 amide bonds. The summed E-state index contributed by atoms with van der Waals surface area (Å²) in [6.07, 6.45) is 5.41. The Morgan fingerprint density at radius 2 is 1.59 bits per heavy atom. The smallest absolute Gasteiger partial charge is 0.428 e. The van der Waals surface area contributed by atoms with Gasteiger partial charge in [-0.15, -0.1) is 0 Å². The molecule has 2 aromatic rings. The van der Waals surface area contributed by atoms with E-state index in [4.69, 9.17) is 9.47 Å². The van der Waals surface area contributed by atoms with Crippen LogP contribution in [0.15, 0.2) is 42.6 Å². The maximum Gasteiger partial charge on any atom is 0.428 e. The maximum absolute atomic E-state index is 13.3. The summed E-state index contributed by atoms with van der Waals surface area (Å²) < 4.78 is 49.6.